The van der Waals surface area contributed by atoms with E-state index >= 15 is 0 Å². The third-order valence-corrected chi connectivity index (χ3v) is 23.9. The van der Waals surface area contributed by atoms with Crippen molar-refractivity contribution in [1.29, 1.82) is 0 Å². The van der Waals surface area contributed by atoms with E-state index in [0.717, 1.165) is 113 Å². The van der Waals surface area contributed by atoms with Gasteiger partial charge in [0.2, 0.25) is 22.8 Å². The van der Waals surface area contributed by atoms with Gasteiger partial charge in [-0.15, -0.1) is 0 Å². The molecule has 16 aromatic carbocycles. The largest absolute Gasteiger partial charge is 0.239 e. The second-order valence-electron chi connectivity index (χ2n) is 33.2. The van der Waals surface area contributed by atoms with Crippen LogP contribution in [0.15, 0.2) is 449 Å². The number of hydrogen-bond acceptors (Lipinski definition) is 4. The molecule has 0 saturated heterocycles. The van der Waals surface area contributed by atoms with Gasteiger partial charge in [-0.1, -0.05) is 405 Å². The molecule has 0 spiro atoms. The summed E-state index contributed by atoms with van der Waals surface area (Å²) in [6, 6.07) is 149. The number of aryl methyl sites for hydroxylation is 10. The minimum atomic E-state index is 0.961. The van der Waals surface area contributed by atoms with Crippen LogP contribution >= 0.6 is 0 Å². The molecule has 20 rings (SSSR count). The molecule has 0 fully saturated rings. The second-order valence-corrected chi connectivity index (χ2v) is 33.2. The Morgan fingerprint density at radius 1 is 0.154 bits per heavy atom. The van der Waals surface area contributed by atoms with Crippen molar-refractivity contribution < 1.29 is 18.3 Å². The number of rotatable bonds is 16. The Balaban J connectivity index is 0.000000121. The minimum Gasteiger partial charge on any atom is -0.234 e. The smallest absolute Gasteiger partial charge is 0.234 e. The lowest BCUT2D eigenvalue weighted by Crippen LogP contribution is -2.32. The third kappa shape index (κ3) is 19.6. The summed E-state index contributed by atoms with van der Waals surface area (Å²) in [5.41, 5.74) is 43.1. The van der Waals surface area contributed by atoms with E-state index in [0.29, 0.717) is 0 Å². The fourth-order valence-electron chi connectivity index (χ4n) is 17.2. The summed E-state index contributed by atoms with van der Waals surface area (Å²) < 4.78 is 8.86. The molecule has 0 amide bonds. The lowest BCUT2D eigenvalue weighted by Gasteiger charge is -2.14. The minimum absolute atomic E-state index is 0.961. The fraction of sp³-hybridized carbons (Fsp3) is 0.0820. The van der Waals surface area contributed by atoms with Gasteiger partial charge in [-0.25, -0.2) is 19.9 Å². The average molecular weight is 1680 g/mol. The first-order chi connectivity index (χ1) is 63.6. The highest BCUT2D eigenvalue weighted by molar-refractivity contribution is 5.90. The van der Waals surface area contributed by atoms with Crippen LogP contribution in [0.2, 0.25) is 0 Å². The van der Waals surface area contributed by atoms with Crippen LogP contribution in [0.3, 0.4) is 0 Å². The number of aromatic nitrogens is 8. The Labute approximate surface area is 765 Å². The van der Waals surface area contributed by atoms with Crippen molar-refractivity contribution in [3.05, 3.63) is 483 Å². The van der Waals surface area contributed by atoms with E-state index in [9.17, 15) is 0 Å². The summed E-state index contributed by atoms with van der Waals surface area (Å²) in [6.07, 6.45) is 8.52. The molecule has 4 heterocycles. The molecule has 130 heavy (non-hydrogen) atoms. The predicted molar refractivity (Wildman–Crippen MR) is 537 cm³/mol. The van der Waals surface area contributed by atoms with Crippen LogP contribution in [0, 0.1) is 41.5 Å². The summed E-state index contributed by atoms with van der Waals surface area (Å²) in [5.74, 6) is 0. The van der Waals surface area contributed by atoms with Gasteiger partial charge in [-0.2, -0.15) is 18.3 Å². The molecular formula is C122H104N8+4. The molecule has 8 heteroatoms. The summed E-state index contributed by atoms with van der Waals surface area (Å²) in [5, 5.41) is 0. The number of benzene rings is 16. The molecule has 4 aromatic heterocycles. The molecule has 0 radical (unpaired) electrons. The standard InChI is InChI=1S/C32H29N2.3C30H25N2/c1-22-10-13-27(14-11-22)30-21-34(4)32(29-19-12-23(2)20-24(29)3)31(33-30)28-17-15-26(16-18-28)25-8-6-5-7-9-25;1-22-13-9-10-18-25(22)30-29(31-28(21-32(30)2)24-16-7-4-8-17-24)27-20-12-11-19-26(27)23-14-5-3-6-15-23;1-22-12-9-10-19-27(22)30-29(31-28(21-32(30)2)24-15-7-4-8-16-24)26-18-11-17-25(20-26)23-13-5-3-6-14-23;1-22-11-9-10-16-27(22)30-29(31-28(21-32(30)2)25-14-7-4-8-15-25)26-19-17-24(18-20-26)23-12-5-3-6-13-23/h5-21H,1-4H3;3*3-21H,1-2H3/q4*+1. The molecule has 20 aromatic rings. The lowest BCUT2D eigenvalue weighted by molar-refractivity contribution is -0.660. The van der Waals surface area contributed by atoms with E-state index in [1.54, 1.807) is 0 Å². The van der Waals surface area contributed by atoms with Gasteiger partial charge in [0.05, 0.1) is 22.3 Å². The first kappa shape index (κ1) is 86.0. The third-order valence-electron chi connectivity index (χ3n) is 23.9. The van der Waals surface area contributed by atoms with Gasteiger partial charge in [-0.3, -0.25) is 0 Å². The van der Waals surface area contributed by atoms with E-state index in [2.05, 4.69) is 513 Å². The topological polar surface area (TPSA) is 67.1 Å². The van der Waals surface area contributed by atoms with Crippen molar-refractivity contribution >= 4 is 0 Å². The van der Waals surface area contributed by atoms with Crippen LogP contribution in [0.1, 0.15) is 33.4 Å². The van der Waals surface area contributed by atoms with Gasteiger partial charge in [0.25, 0.3) is 0 Å². The maximum atomic E-state index is 5.26. The zero-order valence-electron chi connectivity index (χ0n) is 75.3. The fourth-order valence-corrected chi connectivity index (χ4v) is 17.2. The van der Waals surface area contributed by atoms with Gasteiger partial charge in [0, 0.05) is 44.5 Å². The van der Waals surface area contributed by atoms with Crippen molar-refractivity contribution in [3.8, 4) is 180 Å². The van der Waals surface area contributed by atoms with E-state index < -0.39 is 0 Å². The Hall–Kier alpha value is -16.2. The monoisotopic (exact) mass is 1680 g/mol. The van der Waals surface area contributed by atoms with Crippen LogP contribution in [-0.2, 0) is 28.2 Å². The van der Waals surface area contributed by atoms with E-state index in [1.807, 2.05) is 24.3 Å². The molecule has 0 saturated carbocycles. The van der Waals surface area contributed by atoms with Crippen LogP contribution in [0.25, 0.3) is 180 Å². The van der Waals surface area contributed by atoms with Crippen molar-refractivity contribution in [2.45, 2.75) is 41.5 Å². The molecule has 0 N–H and O–H groups in total. The number of hydrogen-bond donors (Lipinski definition) is 0. The second kappa shape index (κ2) is 40.0. The summed E-state index contributed by atoms with van der Waals surface area (Å²) in [6.45, 7) is 12.9. The highest BCUT2D eigenvalue weighted by Gasteiger charge is 2.30. The Bertz CT molecular complexity index is 7310. The Morgan fingerprint density at radius 3 is 0.754 bits per heavy atom. The van der Waals surface area contributed by atoms with Gasteiger partial charge in [0.15, 0.2) is 24.8 Å². The van der Waals surface area contributed by atoms with Crippen LogP contribution < -0.4 is 18.3 Å². The Kier molecular flexibility index (Phi) is 26.5. The van der Waals surface area contributed by atoms with Crippen molar-refractivity contribution in [3.63, 3.8) is 0 Å². The van der Waals surface area contributed by atoms with Gasteiger partial charge < -0.3 is 0 Å². The first-order valence-electron chi connectivity index (χ1n) is 44.4. The SMILES string of the molecule is Cc1ccc(-c2c[n+](C)c(-c3ccc(C)cc3C)c(-c3ccc(-c4ccccc4)cc3)n2)cc1.Cc1ccccc1-c1c(-c2ccc(-c3ccccc3)cc2)nc(-c2ccccc2)c[n+]1C.Cc1ccccc1-c1c(-c2cccc(-c3ccccc3)c2)nc(-c2ccccc2)c[n+]1C.Cc1ccccc1-c1c(-c2ccccc2-c2ccccc2)nc(-c2ccccc2)c[n+]1C. The van der Waals surface area contributed by atoms with Gasteiger partial charge >= 0.3 is 0 Å². The summed E-state index contributed by atoms with van der Waals surface area (Å²) in [7, 11) is 8.46. The highest BCUT2D eigenvalue weighted by Crippen LogP contribution is 2.41. The molecule has 628 valence electrons. The summed E-state index contributed by atoms with van der Waals surface area (Å²) >= 11 is 0. The molecule has 0 atom stereocenters. The summed E-state index contributed by atoms with van der Waals surface area (Å²) in [4.78, 5) is 20.9. The van der Waals surface area contributed by atoms with Crippen LogP contribution in [0.5, 0.6) is 0 Å². The normalized spacial score (nSPS) is 10.8. The highest BCUT2D eigenvalue weighted by atomic mass is 15.0. The first-order valence-corrected chi connectivity index (χ1v) is 44.4. The van der Waals surface area contributed by atoms with E-state index in [4.69, 9.17) is 19.9 Å². The quantitative estimate of drug-likeness (QED) is 0.0904. The van der Waals surface area contributed by atoms with E-state index in [1.165, 1.54) is 100 Å². The molecule has 8 nitrogen and oxygen atoms in total. The van der Waals surface area contributed by atoms with Crippen molar-refractivity contribution in [1.82, 2.24) is 19.9 Å². The molecule has 0 bridgehead atoms. The van der Waals surface area contributed by atoms with Crippen LogP contribution in [-0.4, -0.2) is 19.9 Å². The zero-order chi connectivity index (χ0) is 89.4. The average Bonchev–Trinajstić information content (AvgIpc) is 0.774. The van der Waals surface area contributed by atoms with Gasteiger partial charge in [0.1, 0.15) is 73.7 Å². The number of nitrogens with zero attached hydrogens (tertiary/aromatic N) is 8. The Morgan fingerprint density at radius 2 is 0.392 bits per heavy atom. The predicted octanol–water partition coefficient (Wildman–Crippen LogP) is 28.1. The molecule has 0 unspecified atom stereocenters. The maximum Gasteiger partial charge on any atom is 0.239 e. The van der Waals surface area contributed by atoms with Crippen molar-refractivity contribution in [2.75, 3.05) is 0 Å². The molecule has 0 aliphatic rings. The van der Waals surface area contributed by atoms with Gasteiger partial charge in [-0.05, 0) is 139 Å². The maximum absolute atomic E-state index is 5.26. The lowest BCUT2D eigenvalue weighted by atomic mass is 9.93. The molecular weight excluding hydrogens is 1580 g/mol. The van der Waals surface area contributed by atoms with Crippen LogP contribution in [0.4, 0.5) is 0 Å². The van der Waals surface area contributed by atoms with E-state index in [-0.39, 0.29) is 0 Å². The zero-order valence-corrected chi connectivity index (χ0v) is 75.3. The molecule has 0 aliphatic heterocycles. The molecule has 0 aliphatic carbocycles. The van der Waals surface area contributed by atoms with Crippen molar-refractivity contribution in [2.24, 2.45) is 28.2 Å².